The van der Waals surface area contributed by atoms with Gasteiger partial charge in [-0.25, -0.2) is 0 Å². The fourth-order valence-corrected chi connectivity index (χ4v) is 4.74. The number of aromatic amines is 1. The predicted molar refractivity (Wildman–Crippen MR) is 86.9 cm³/mol. The van der Waals surface area contributed by atoms with Gasteiger partial charge in [-0.3, -0.25) is 4.79 Å². The quantitative estimate of drug-likeness (QED) is 0.839. The van der Waals surface area contributed by atoms with Gasteiger partial charge < -0.3 is 9.72 Å². The molecular weight excluding hydrogens is 274 g/mol. The molecular formula is C19H23NO2. The number of fused-ring (bicyclic) bond motifs is 5. The molecule has 2 aliphatic carbocycles. The van der Waals surface area contributed by atoms with Crippen LogP contribution in [0.4, 0.5) is 0 Å². The number of aromatic nitrogens is 1. The fraction of sp³-hybridized carbons (Fsp3) is 0.526. The van der Waals surface area contributed by atoms with Crippen LogP contribution in [0.3, 0.4) is 0 Å². The van der Waals surface area contributed by atoms with Gasteiger partial charge in [0, 0.05) is 22.5 Å². The molecule has 1 saturated carbocycles. The lowest BCUT2D eigenvalue weighted by molar-refractivity contribution is -0.160. The second-order valence-electron chi connectivity index (χ2n) is 6.74. The number of aryl methyl sites for hydroxylation is 1. The Labute approximate surface area is 131 Å². The summed E-state index contributed by atoms with van der Waals surface area (Å²) in [5, 5.41) is 1.30. The van der Waals surface area contributed by atoms with E-state index in [2.05, 4.69) is 29.2 Å². The van der Waals surface area contributed by atoms with Gasteiger partial charge in [0.25, 0.3) is 0 Å². The number of benzene rings is 1. The highest BCUT2D eigenvalue weighted by atomic mass is 16.5. The van der Waals surface area contributed by atoms with E-state index < -0.39 is 0 Å². The van der Waals surface area contributed by atoms with Crippen LogP contribution >= 0.6 is 0 Å². The van der Waals surface area contributed by atoms with Crippen molar-refractivity contribution in [3.8, 4) is 0 Å². The van der Waals surface area contributed by atoms with Crippen LogP contribution in [0.1, 0.15) is 56.2 Å². The lowest BCUT2D eigenvalue weighted by Crippen LogP contribution is -2.44. The minimum atomic E-state index is -0.285. The highest BCUT2D eigenvalue weighted by Gasteiger charge is 2.51. The van der Waals surface area contributed by atoms with Crippen molar-refractivity contribution >= 4 is 16.9 Å². The van der Waals surface area contributed by atoms with Crippen molar-refractivity contribution < 1.29 is 9.53 Å². The van der Waals surface area contributed by atoms with Gasteiger partial charge in [0.15, 0.2) is 0 Å². The molecule has 1 heterocycles. The maximum absolute atomic E-state index is 12.8. The number of esters is 1. The number of para-hydroxylation sites is 1. The van der Waals surface area contributed by atoms with E-state index in [4.69, 9.17) is 4.74 Å². The number of carbonyl (C=O) groups excluding carboxylic acids is 1. The van der Waals surface area contributed by atoms with Gasteiger partial charge in [-0.2, -0.15) is 0 Å². The van der Waals surface area contributed by atoms with Gasteiger partial charge in [-0.15, -0.1) is 0 Å². The summed E-state index contributed by atoms with van der Waals surface area (Å²) in [4.78, 5) is 16.4. The summed E-state index contributed by atoms with van der Waals surface area (Å²) in [6.07, 6.45) is 6.33. The summed E-state index contributed by atoms with van der Waals surface area (Å²) >= 11 is 0. The molecule has 0 unspecified atom stereocenters. The van der Waals surface area contributed by atoms with Crippen LogP contribution in [0.5, 0.6) is 0 Å². The summed E-state index contributed by atoms with van der Waals surface area (Å²) in [7, 11) is 0. The molecule has 22 heavy (non-hydrogen) atoms. The fourth-order valence-electron chi connectivity index (χ4n) is 4.74. The Morgan fingerprint density at radius 3 is 3.05 bits per heavy atom. The van der Waals surface area contributed by atoms with Crippen LogP contribution in [0.25, 0.3) is 10.9 Å². The average Bonchev–Trinajstić information content (AvgIpc) is 2.93. The van der Waals surface area contributed by atoms with Crippen molar-refractivity contribution in [3.05, 3.63) is 35.5 Å². The third-order valence-electron chi connectivity index (χ3n) is 5.71. The zero-order chi connectivity index (χ0) is 15.2. The molecule has 4 rings (SSSR count). The molecule has 0 saturated heterocycles. The number of ether oxygens (including phenoxy) is 1. The van der Waals surface area contributed by atoms with Crippen LogP contribution < -0.4 is 0 Å². The molecule has 0 bridgehead atoms. The van der Waals surface area contributed by atoms with Crippen molar-refractivity contribution in [2.75, 3.05) is 6.61 Å². The Hall–Kier alpha value is -1.77. The first-order valence-corrected chi connectivity index (χ1v) is 8.53. The van der Waals surface area contributed by atoms with Crippen molar-refractivity contribution in [1.82, 2.24) is 4.98 Å². The van der Waals surface area contributed by atoms with Crippen LogP contribution in [0, 0.1) is 5.41 Å². The van der Waals surface area contributed by atoms with Gasteiger partial charge >= 0.3 is 5.97 Å². The molecule has 116 valence electrons. The monoisotopic (exact) mass is 297 g/mol. The molecule has 0 radical (unpaired) electrons. The number of H-pyrrole nitrogens is 1. The van der Waals surface area contributed by atoms with Gasteiger partial charge in [-0.05, 0) is 44.2 Å². The second-order valence-corrected chi connectivity index (χ2v) is 6.74. The minimum Gasteiger partial charge on any atom is -0.466 e. The molecule has 2 aliphatic rings. The molecule has 0 amide bonds. The number of carbonyl (C=O) groups is 1. The maximum Gasteiger partial charge on any atom is 0.312 e. The highest BCUT2D eigenvalue weighted by molar-refractivity contribution is 5.88. The minimum absolute atomic E-state index is 0.0376. The molecule has 2 atom stereocenters. The van der Waals surface area contributed by atoms with E-state index in [0.29, 0.717) is 12.5 Å². The first kappa shape index (κ1) is 13.9. The van der Waals surface area contributed by atoms with Crippen LogP contribution in [0.15, 0.2) is 24.3 Å². The van der Waals surface area contributed by atoms with E-state index in [-0.39, 0.29) is 11.4 Å². The molecule has 1 fully saturated rings. The topological polar surface area (TPSA) is 42.1 Å². The van der Waals surface area contributed by atoms with Crippen molar-refractivity contribution in [3.63, 3.8) is 0 Å². The average molecular weight is 297 g/mol. The summed E-state index contributed by atoms with van der Waals surface area (Å²) in [5.41, 5.74) is 3.66. The van der Waals surface area contributed by atoms with Crippen molar-refractivity contribution in [2.45, 2.75) is 51.4 Å². The summed E-state index contributed by atoms with van der Waals surface area (Å²) in [6, 6.07) is 8.51. The molecule has 1 aromatic carbocycles. The van der Waals surface area contributed by atoms with E-state index >= 15 is 0 Å². The second kappa shape index (κ2) is 5.15. The third-order valence-corrected chi connectivity index (χ3v) is 5.71. The molecule has 1 N–H and O–H groups in total. The van der Waals surface area contributed by atoms with Gasteiger partial charge in [0.05, 0.1) is 12.0 Å². The molecule has 0 spiro atoms. The van der Waals surface area contributed by atoms with Crippen molar-refractivity contribution in [2.24, 2.45) is 5.41 Å². The Morgan fingerprint density at radius 1 is 1.32 bits per heavy atom. The van der Waals surface area contributed by atoms with E-state index in [1.165, 1.54) is 28.6 Å². The number of rotatable bonds is 2. The van der Waals surface area contributed by atoms with Gasteiger partial charge in [0.2, 0.25) is 0 Å². The molecule has 0 aliphatic heterocycles. The summed E-state index contributed by atoms with van der Waals surface area (Å²) in [6.45, 7) is 2.39. The Bertz CT molecular complexity index is 717. The van der Waals surface area contributed by atoms with Gasteiger partial charge in [-0.1, -0.05) is 31.0 Å². The Morgan fingerprint density at radius 2 is 2.18 bits per heavy atom. The number of nitrogens with one attached hydrogen (secondary N) is 1. The Kier molecular flexibility index (Phi) is 3.24. The zero-order valence-corrected chi connectivity index (χ0v) is 13.2. The van der Waals surface area contributed by atoms with E-state index in [9.17, 15) is 4.79 Å². The lowest BCUT2D eigenvalue weighted by atomic mass is 9.58. The van der Waals surface area contributed by atoms with E-state index in [1.54, 1.807) is 0 Å². The Balaban J connectivity index is 1.87. The molecule has 1 aromatic heterocycles. The zero-order valence-electron chi connectivity index (χ0n) is 13.2. The number of hydrogen-bond acceptors (Lipinski definition) is 2. The SMILES string of the molecule is CCOC(=O)[C@@]12CCCC[C@@H]1c1c([nH]c3ccccc13)CC2. The predicted octanol–water partition coefficient (Wildman–Crippen LogP) is 4.32. The highest BCUT2D eigenvalue weighted by Crippen LogP contribution is 2.56. The number of hydrogen-bond donors (Lipinski definition) is 1. The third kappa shape index (κ3) is 1.84. The van der Waals surface area contributed by atoms with Crippen molar-refractivity contribution in [1.29, 1.82) is 0 Å². The van der Waals surface area contributed by atoms with Crippen LogP contribution in [-0.2, 0) is 16.0 Å². The van der Waals surface area contributed by atoms with E-state index in [1.807, 2.05) is 6.92 Å². The standard InChI is InChI=1S/C19H23NO2/c1-2-22-18(21)19-11-6-5-8-14(19)17-13-7-3-4-9-15(13)20-16(17)10-12-19/h3-4,7,9,14,20H,2,5-6,8,10-12H2,1H3/t14-,19-/m1/s1. The molecule has 3 heteroatoms. The van der Waals surface area contributed by atoms with E-state index in [0.717, 1.165) is 32.1 Å². The summed E-state index contributed by atoms with van der Waals surface area (Å²) < 4.78 is 5.50. The largest absolute Gasteiger partial charge is 0.466 e. The van der Waals surface area contributed by atoms with Crippen LogP contribution in [0.2, 0.25) is 0 Å². The first-order chi connectivity index (χ1) is 10.8. The molecule has 3 nitrogen and oxygen atoms in total. The lowest BCUT2D eigenvalue weighted by Gasteiger charge is -2.45. The molecule has 2 aromatic rings. The normalized spacial score (nSPS) is 27.2. The maximum atomic E-state index is 12.8. The summed E-state index contributed by atoms with van der Waals surface area (Å²) in [5.74, 6) is 0.357. The van der Waals surface area contributed by atoms with Gasteiger partial charge in [0.1, 0.15) is 0 Å². The van der Waals surface area contributed by atoms with Crippen LogP contribution in [-0.4, -0.2) is 17.6 Å². The first-order valence-electron chi connectivity index (χ1n) is 8.53. The smallest absolute Gasteiger partial charge is 0.312 e.